The van der Waals surface area contributed by atoms with Gasteiger partial charge in [0.2, 0.25) is 0 Å². The van der Waals surface area contributed by atoms with Gasteiger partial charge in [0.25, 0.3) is 5.56 Å². The Labute approximate surface area is 237 Å². The Morgan fingerprint density at radius 1 is 1.21 bits per heavy atom. The minimum absolute atomic E-state index is 0.0134. The van der Waals surface area contributed by atoms with Crippen LogP contribution in [-0.2, 0) is 17.7 Å². The molecule has 6 rings (SSSR count). The van der Waals surface area contributed by atoms with E-state index in [9.17, 15) is 4.79 Å². The van der Waals surface area contributed by atoms with E-state index in [0.717, 1.165) is 53.6 Å². The Morgan fingerprint density at radius 2 is 2.03 bits per heavy atom. The summed E-state index contributed by atoms with van der Waals surface area (Å²) in [6.07, 6.45) is 7.88. The van der Waals surface area contributed by atoms with Gasteiger partial charge in [0.1, 0.15) is 10.8 Å². The maximum Gasteiger partial charge on any atom is 0.262 e. The number of rotatable bonds is 6. The highest BCUT2D eigenvalue weighted by Crippen LogP contribution is 2.53. The number of benzene rings is 1. The fraction of sp³-hybridized carbons (Fsp3) is 0.400. The topological polar surface area (TPSA) is 112 Å². The van der Waals surface area contributed by atoms with Gasteiger partial charge in [-0.1, -0.05) is 35.0 Å². The first kappa shape index (κ1) is 26.0. The van der Waals surface area contributed by atoms with Crippen LogP contribution < -0.4 is 16.2 Å². The van der Waals surface area contributed by atoms with Gasteiger partial charge in [0.15, 0.2) is 4.47 Å². The van der Waals surface area contributed by atoms with Crippen LogP contribution in [0.5, 0.6) is 0 Å². The molecule has 1 fully saturated rings. The summed E-state index contributed by atoms with van der Waals surface area (Å²) in [5.41, 5.74) is 8.13. The van der Waals surface area contributed by atoms with Crippen LogP contribution in [-0.4, -0.2) is 51.3 Å². The zero-order chi connectivity index (χ0) is 26.4. The zero-order valence-corrected chi connectivity index (χ0v) is 23.7. The number of halogens is 2. The number of methoxy groups -OCH3 is 1. The molecule has 4 aromatic rings. The van der Waals surface area contributed by atoms with Gasteiger partial charge in [-0.2, -0.15) is 0 Å². The molecule has 0 bridgehead atoms. The molecule has 9 nitrogen and oxygen atoms in total. The second kappa shape index (κ2) is 10.4. The molecule has 38 heavy (non-hydrogen) atoms. The maximum atomic E-state index is 13.0. The van der Waals surface area contributed by atoms with E-state index in [2.05, 4.69) is 24.8 Å². The number of fused-ring (bicyclic) bond motifs is 2. The van der Waals surface area contributed by atoms with Gasteiger partial charge in [-0.05, 0) is 36.8 Å². The first-order valence-electron chi connectivity index (χ1n) is 12.2. The van der Waals surface area contributed by atoms with Crippen molar-refractivity contribution in [3.63, 3.8) is 0 Å². The SMILES string of the molecule is COCCn1cnc2ccc(Sc3cnc(N4CCC5(CC4)Cc4nc(Cl)sc4[C@@H]5N)cn3)c(Cl)c2c1=O. The Morgan fingerprint density at radius 3 is 2.74 bits per heavy atom. The molecule has 198 valence electrons. The van der Waals surface area contributed by atoms with Gasteiger partial charge >= 0.3 is 0 Å². The molecule has 0 radical (unpaired) electrons. The highest BCUT2D eigenvalue weighted by atomic mass is 35.5. The Balaban J connectivity index is 1.15. The van der Waals surface area contributed by atoms with Crippen molar-refractivity contribution in [3.8, 4) is 0 Å². The average Bonchev–Trinajstić information content (AvgIpc) is 3.40. The summed E-state index contributed by atoms with van der Waals surface area (Å²) in [5, 5.41) is 1.44. The van der Waals surface area contributed by atoms with Crippen molar-refractivity contribution in [2.45, 2.75) is 41.8 Å². The monoisotopic (exact) mass is 589 g/mol. The van der Waals surface area contributed by atoms with Crippen molar-refractivity contribution in [2.75, 3.05) is 31.7 Å². The third kappa shape index (κ3) is 4.59. The molecule has 1 spiro atoms. The lowest BCUT2D eigenvalue weighted by atomic mass is 9.74. The molecule has 1 saturated heterocycles. The number of aromatic nitrogens is 5. The minimum atomic E-state index is -0.195. The van der Waals surface area contributed by atoms with E-state index >= 15 is 0 Å². The smallest absolute Gasteiger partial charge is 0.262 e. The van der Waals surface area contributed by atoms with E-state index in [-0.39, 0.29) is 17.0 Å². The summed E-state index contributed by atoms with van der Waals surface area (Å²) >= 11 is 15.7. The van der Waals surface area contributed by atoms with Crippen molar-refractivity contribution in [1.29, 1.82) is 0 Å². The second-order valence-electron chi connectivity index (χ2n) is 9.60. The predicted octanol–water partition coefficient (Wildman–Crippen LogP) is 4.59. The van der Waals surface area contributed by atoms with Gasteiger partial charge < -0.3 is 15.4 Å². The summed E-state index contributed by atoms with van der Waals surface area (Å²) in [5.74, 6) is 0.835. The quantitative estimate of drug-likeness (QED) is 0.345. The first-order valence-corrected chi connectivity index (χ1v) is 14.6. The lowest BCUT2D eigenvalue weighted by Crippen LogP contribution is -2.44. The summed E-state index contributed by atoms with van der Waals surface area (Å²) in [6.45, 7) is 2.53. The van der Waals surface area contributed by atoms with Crippen LogP contribution in [0.25, 0.3) is 10.9 Å². The van der Waals surface area contributed by atoms with E-state index < -0.39 is 0 Å². The average molecular weight is 591 g/mol. The Bertz CT molecular complexity index is 1550. The number of thiazole rings is 1. The van der Waals surface area contributed by atoms with E-state index in [1.54, 1.807) is 25.6 Å². The molecule has 3 aromatic heterocycles. The first-order chi connectivity index (χ1) is 18.4. The zero-order valence-electron chi connectivity index (χ0n) is 20.6. The fourth-order valence-electron chi connectivity index (χ4n) is 5.35. The van der Waals surface area contributed by atoms with Crippen molar-refractivity contribution >= 4 is 63.0 Å². The van der Waals surface area contributed by atoms with Crippen LogP contribution in [0.3, 0.4) is 0 Å². The molecule has 0 saturated carbocycles. The number of anilines is 1. The standard InChI is InChI=1S/C25H25Cl2N7O2S2/c1-36-9-8-34-13-31-14-2-3-16(20(26)19(14)23(34)35)37-18-12-29-17(11-30-18)33-6-4-25(5-7-33)10-15-21(22(25)28)38-24(27)32-15/h2-3,11-13,22H,4-10,28H2,1H3/t22-/m0/s1. The molecular formula is C25H25Cl2N7O2S2. The van der Waals surface area contributed by atoms with Crippen LogP contribution in [0.1, 0.15) is 29.5 Å². The third-order valence-electron chi connectivity index (χ3n) is 7.51. The summed E-state index contributed by atoms with van der Waals surface area (Å²) in [6, 6.07) is 3.64. The molecule has 1 aromatic carbocycles. The molecular weight excluding hydrogens is 565 g/mol. The molecule has 0 amide bonds. The van der Waals surface area contributed by atoms with Gasteiger partial charge in [-0.15, -0.1) is 11.3 Å². The van der Waals surface area contributed by atoms with Crippen LogP contribution in [0, 0.1) is 5.41 Å². The van der Waals surface area contributed by atoms with Crippen LogP contribution in [0.15, 0.2) is 45.6 Å². The molecule has 2 N–H and O–H groups in total. The maximum absolute atomic E-state index is 13.0. The Kier molecular flexibility index (Phi) is 7.08. The predicted molar refractivity (Wildman–Crippen MR) is 151 cm³/mol. The summed E-state index contributed by atoms with van der Waals surface area (Å²) < 4.78 is 7.17. The van der Waals surface area contributed by atoms with Crippen molar-refractivity contribution in [3.05, 3.63) is 61.3 Å². The molecule has 0 unspecified atom stereocenters. The minimum Gasteiger partial charge on any atom is -0.383 e. The molecule has 2 aliphatic rings. The highest BCUT2D eigenvalue weighted by molar-refractivity contribution is 7.99. The lowest BCUT2D eigenvalue weighted by molar-refractivity contribution is 0.186. The van der Waals surface area contributed by atoms with Crippen molar-refractivity contribution < 1.29 is 4.74 Å². The number of ether oxygens (including phenoxy) is 1. The molecule has 4 heterocycles. The second-order valence-corrected chi connectivity index (χ2v) is 12.7. The van der Waals surface area contributed by atoms with Crippen LogP contribution >= 0.6 is 46.3 Å². The normalized spacial score (nSPS) is 18.4. The summed E-state index contributed by atoms with van der Waals surface area (Å²) in [4.78, 5) is 35.3. The van der Waals surface area contributed by atoms with E-state index in [4.69, 9.17) is 33.7 Å². The van der Waals surface area contributed by atoms with Gasteiger partial charge in [0.05, 0.1) is 53.5 Å². The van der Waals surface area contributed by atoms with E-state index in [1.165, 1.54) is 34.0 Å². The number of hydrogen-bond acceptors (Lipinski definition) is 10. The van der Waals surface area contributed by atoms with Crippen LogP contribution in [0.4, 0.5) is 5.82 Å². The van der Waals surface area contributed by atoms with Crippen LogP contribution in [0.2, 0.25) is 9.49 Å². The third-order valence-corrected chi connectivity index (χ3v) is 10.3. The van der Waals surface area contributed by atoms with Crippen molar-refractivity contribution in [1.82, 2.24) is 24.5 Å². The summed E-state index contributed by atoms with van der Waals surface area (Å²) in [7, 11) is 1.59. The highest BCUT2D eigenvalue weighted by Gasteiger charge is 2.48. The van der Waals surface area contributed by atoms with E-state index in [1.807, 2.05) is 6.07 Å². The number of piperidine rings is 1. The van der Waals surface area contributed by atoms with Gasteiger partial charge in [0, 0.05) is 36.0 Å². The van der Waals surface area contributed by atoms with Gasteiger partial charge in [-0.25, -0.2) is 19.9 Å². The number of nitrogens with zero attached hydrogens (tertiary/aromatic N) is 6. The largest absolute Gasteiger partial charge is 0.383 e. The van der Waals surface area contributed by atoms with Crippen molar-refractivity contribution in [2.24, 2.45) is 11.1 Å². The van der Waals surface area contributed by atoms with E-state index in [0.29, 0.717) is 38.6 Å². The Hall–Kier alpha value is -2.28. The fourth-order valence-corrected chi connectivity index (χ4v) is 7.77. The molecule has 1 atom stereocenters. The molecule has 13 heteroatoms. The molecule has 1 aliphatic carbocycles. The molecule has 1 aliphatic heterocycles. The number of nitrogens with two attached hydrogens (primary N) is 1. The number of hydrogen-bond donors (Lipinski definition) is 1. The lowest BCUT2D eigenvalue weighted by Gasteiger charge is -2.42. The van der Waals surface area contributed by atoms with Gasteiger partial charge in [-0.3, -0.25) is 9.36 Å².